The molecule has 0 saturated heterocycles. The van der Waals surface area contributed by atoms with Gasteiger partial charge in [-0.05, 0) is 67.5 Å². The number of carbonyl (C=O) groups is 2. The van der Waals surface area contributed by atoms with Gasteiger partial charge in [0.15, 0.2) is 0 Å². The maximum atomic E-state index is 12.6. The minimum atomic E-state index is -1.15. The van der Waals surface area contributed by atoms with Crippen molar-refractivity contribution in [3.63, 3.8) is 0 Å². The van der Waals surface area contributed by atoms with E-state index in [0.29, 0.717) is 6.61 Å². The first kappa shape index (κ1) is 27.1. The number of hydrogen-bond acceptors (Lipinski definition) is 4. The average molecular weight is 541 g/mol. The largest absolute Gasteiger partial charge is 0.480 e. The first-order valence-electron chi connectivity index (χ1n) is 12.5. The second-order valence-corrected chi connectivity index (χ2v) is 10.1. The fourth-order valence-corrected chi connectivity index (χ4v) is 5.08. The lowest BCUT2D eigenvalue weighted by Crippen LogP contribution is -2.42. The number of benzene rings is 2. The summed E-state index contributed by atoms with van der Waals surface area (Å²) in [5, 5.41) is 12.5. The van der Waals surface area contributed by atoms with E-state index in [1.165, 1.54) is 36.2 Å². The SMILES string of the molecule is CC(OCCc1ccc2c(n1)CCCC2)c1ccc(CC(NC(=O)c2c(Cl)cccc2Cl)C(=O)O)cc1. The summed E-state index contributed by atoms with van der Waals surface area (Å²) in [6, 6.07) is 15.4. The minimum absolute atomic E-state index is 0.0593. The molecule has 1 amide bonds. The van der Waals surface area contributed by atoms with E-state index in [4.69, 9.17) is 32.9 Å². The summed E-state index contributed by atoms with van der Waals surface area (Å²) >= 11 is 12.2. The molecule has 2 unspecified atom stereocenters. The van der Waals surface area contributed by atoms with Crippen molar-refractivity contribution in [2.75, 3.05) is 6.61 Å². The van der Waals surface area contributed by atoms with Gasteiger partial charge in [0, 0.05) is 24.2 Å². The Morgan fingerprint density at radius 3 is 2.43 bits per heavy atom. The van der Waals surface area contributed by atoms with E-state index in [2.05, 4.69) is 17.4 Å². The molecule has 2 atom stereocenters. The number of pyridine rings is 1. The number of rotatable bonds is 10. The third kappa shape index (κ3) is 7.10. The van der Waals surface area contributed by atoms with Crippen LogP contribution in [0.25, 0.3) is 0 Å². The van der Waals surface area contributed by atoms with Crippen LogP contribution in [0.2, 0.25) is 10.0 Å². The zero-order valence-electron chi connectivity index (χ0n) is 20.7. The summed E-state index contributed by atoms with van der Waals surface area (Å²) in [5.41, 5.74) is 5.49. The van der Waals surface area contributed by atoms with Gasteiger partial charge in [-0.2, -0.15) is 0 Å². The molecule has 0 aliphatic heterocycles. The number of nitrogens with zero attached hydrogens (tertiary/aromatic N) is 1. The van der Waals surface area contributed by atoms with Gasteiger partial charge in [-0.3, -0.25) is 9.78 Å². The maximum Gasteiger partial charge on any atom is 0.326 e. The molecule has 0 radical (unpaired) electrons. The molecule has 3 aromatic rings. The summed E-state index contributed by atoms with van der Waals surface area (Å²) in [6.07, 6.45) is 5.39. The number of amides is 1. The molecule has 0 fully saturated rings. The van der Waals surface area contributed by atoms with E-state index >= 15 is 0 Å². The normalized spacial score (nSPS) is 14.5. The van der Waals surface area contributed by atoms with Gasteiger partial charge >= 0.3 is 5.97 Å². The summed E-state index contributed by atoms with van der Waals surface area (Å²) in [5.74, 6) is -1.77. The zero-order chi connectivity index (χ0) is 26.4. The number of aliphatic carboxylic acids is 1. The van der Waals surface area contributed by atoms with Crippen molar-refractivity contribution >= 4 is 35.1 Å². The first-order valence-corrected chi connectivity index (χ1v) is 13.2. The lowest BCUT2D eigenvalue weighted by Gasteiger charge is -2.18. The zero-order valence-corrected chi connectivity index (χ0v) is 22.2. The van der Waals surface area contributed by atoms with Crippen LogP contribution in [0.1, 0.15) is 64.3 Å². The van der Waals surface area contributed by atoms with E-state index in [-0.39, 0.29) is 28.1 Å². The predicted octanol–water partition coefficient (Wildman–Crippen LogP) is 6.01. The minimum Gasteiger partial charge on any atom is -0.480 e. The quantitative estimate of drug-likeness (QED) is 0.328. The number of carboxylic acids is 1. The van der Waals surface area contributed by atoms with Gasteiger partial charge < -0.3 is 15.2 Å². The van der Waals surface area contributed by atoms with Crippen molar-refractivity contribution in [3.05, 3.63) is 98.3 Å². The molecule has 2 N–H and O–H groups in total. The number of hydrogen-bond donors (Lipinski definition) is 2. The van der Waals surface area contributed by atoms with Crippen LogP contribution in [0, 0.1) is 0 Å². The molecular weight excluding hydrogens is 511 g/mol. The number of aromatic nitrogens is 1. The van der Waals surface area contributed by atoms with Crippen molar-refractivity contribution < 1.29 is 19.4 Å². The molecule has 0 bridgehead atoms. The van der Waals surface area contributed by atoms with Gasteiger partial charge in [-0.25, -0.2) is 4.79 Å². The van der Waals surface area contributed by atoms with Crippen molar-refractivity contribution in [2.45, 2.75) is 57.6 Å². The lowest BCUT2D eigenvalue weighted by atomic mass is 9.96. The van der Waals surface area contributed by atoms with Crippen LogP contribution in [0.15, 0.2) is 54.6 Å². The number of aryl methyl sites for hydroxylation is 2. The number of carboxylic acid groups (broad SMARTS) is 1. The Balaban J connectivity index is 1.31. The van der Waals surface area contributed by atoms with Crippen molar-refractivity contribution in [1.82, 2.24) is 10.3 Å². The fourth-order valence-electron chi connectivity index (χ4n) is 4.51. The van der Waals surface area contributed by atoms with Crippen LogP contribution in [-0.2, 0) is 35.2 Å². The highest BCUT2D eigenvalue weighted by Crippen LogP contribution is 2.25. The summed E-state index contributed by atoms with van der Waals surface area (Å²) in [4.78, 5) is 29.3. The molecule has 1 aliphatic carbocycles. The number of carbonyl (C=O) groups excluding carboxylic acids is 1. The van der Waals surface area contributed by atoms with E-state index < -0.39 is 17.9 Å². The Morgan fingerprint density at radius 2 is 1.73 bits per heavy atom. The Morgan fingerprint density at radius 1 is 1.03 bits per heavy atom. The van der Waals surface area contributed by atoms with Crippen LogP contribution >= 0.6 is 23.2 Å². The molecule has 194 valence electrons. The Labute approximate surface area is 227 Å². The molecule has 2 aromatic carbocycles. The van der Waals surface area contributed by atoms with Gasteiger partial charge in [-0.15, -0.1) is 0 Å². The molecule has 0 saturated carbocycles. The monoisotopic (exact) mass is 540 g/mol. The first-order chi connectivity index (χ1) is 17.8. The van der Waals surface area contributed by atoms with Crippen LogP contribution in [0.4, 0.5) is 0 Å². The summed E-state index contributed by atoms with van der Waals surface area (Å²) in [7, 11) is 0. The number of halogens is 2. The summed E-state index contributed by atoms with van der Waals surface area (Å²) in [6.45, 7) is 2.55. The van der Waals surface area contributed by atoms with Crippen LogP contribution < -0.4 is 5.32 Å². The number of nitrogens with one attached hydrogen (secondary N) is 1. The Kier molecular flexibility index (Phi) is 9.19. The third-order valence-electron chi connectivity index (χ3n) is 6.64. The third-order valence-corrected chi connectivity index (χ3v) is 7.27. The molecule has 37 heavy (non-hydrogen) atoms. The molecule has 1 aromatic heterocycles. The van der Waals surface area contributed by atoms with E-state index in [0.717, 1.165) is 36.1 Å². The highest BCUT2D eigenvalue weighted by atomic mass is 35.5. The number of fused-ring (bicyclic) bond motifs is 1. The van der Waals surface area contributed by atoms with Crippen LogP contribution in [0.5, 0.6) is 0 Å². The summed E-state index contributed by atoms with van der Waals surface area (Å²) < 4.78 is 6.04. The van der Waals surface area contributed by atoms with Crippen molar-refractivity contribution in [3.8, 4) is 0 Å². The molecular formula is C29H30Cl2N2O4. The smallest absolute Gasteiger partial charge is 0.326 e. The topological polar surface area (TPSA) is 88.5 Å². The van der Waals surface area contributed by atoms with Crippen molar-refractivity contribution in [2.24, 2.45) is 0 Å². The number of ether oxygens (including phenoxy) is 1. The molecule has 4 rings (SSSR count). The molecule has 6 nitrogen and oxygen atoms in total. The van der Waals surface area contributed by atoms with E-state index in [1.807, 2.05) is 31.2 Å². The maximum absolute atomic E-state index is 12.6. The molecule has 1 aliphatic rings. The highest BCUT2D eigenvalue weighted by molar-refractivity contribution is 6.39. The predicted molar refractivity (Wildman–Crippen MR) is 144 cm³/mol. The fraction of sp³-hybridized carbons (Fsp3) is 0.345. The van der Waals surface area contributed by atoms with Gasteiger partial charge in [0.1, 0.15) is 6.04 Å². The van der Waals surface area contributed by atoms with Crippen LogP contribution in [0.3, 0.4) is 0 Å². The van der Waals surface area contributed by atoms with E-state index in [1.54, 1.807) is 6.07 Å². The van der Waals surface area contributed by atoms with Gasteiger partial charge in [0.2, 0.25) is 0 Å². The Hall–Kier alpha value is -2.93. The molecule has 1 heterocycles. The van der Waals surface area contributed by atoms with Gasteiger partial charge in [0.05, 0.1) is 28.3 Å². The van der Waals surface area contributed by atoms with E-state index in [9.17, 15) is 14.7 Å². The second-order valence-electron chi connectivity index (χ2n) is 9.29. The highest BCUT2D eigenvalue weighted by Gasteiger charge is 2.24. The van der Waals surface area contributed by atoms with Gasteiger partial charge in [0.25, 0.3) is 5.91 Å². The average Bonchev–Trinajstić information content (AvgIpc) is 2.88. The van der Waals surface area contributed by atoms with Crippen molar-refractivity contribution in [1.29, 1.82) is 0 Å². The van der Waals surface area contributed by atoms with Gasteiger partial charge in [-0.1, -0.05) is 59.6 Å². The standard InChI is InChI=1S/C29H30Cl2N2O4/c1-18(37-16-15-22-14-13-21-5-2-3-8-25(21)32-22)20-11-9-19(10-12-20)17-26(29(35)36)33-28(34)27-23(30)6-4-7-24(27)31/h4,6-7,9-14,18,26H,2-3,5,8,15-17H2,1H3,(H,33,34)(H,35,36). The molecule has 0 spiro atoms. The molecule has 8 heteroatoms. The second kappa shape index (κ2) is 12.5. The van der Waals surface area contributed by atoms with Crippen LogP contribution in [-0.4, -0.2) is 34.6 Å². The lowest BCUT2D eigenvalue weighted by molar-refractivity contribution is -0.139. The Bertz CT molecular complexity index is 1240.